The van der Waals surface area contributed by atoms with Crippen LogP contribution in [0.3, 0.4) is 0 Å². The molecule has 10 aromatic carbocycles. The molecule has 0 fully saturated rings. The van der Waals surface area contributed by atoms with Crippen molar-refractivity contribution in [3.05, 3.63) is 265 Å². The second kappa shape index (κ2) is 18.4. The van der Waals surface area contributed by atoms with Gasteiger partial charge < -0.3 is 9.80 Å². The second-order valence-corrected chi connectivity index (χ2v) is 16.6. The van der Waals surface area contributed by atoms with Gasteiger partial charge in [0.05, 0.1) is 11.4 Å². The third kappa shape index (κ3) is 8.53. The topological polar surface area (TPSA) is 6.48 Å². The van der Waals surface area contributed by atoms with Gasteiger partial charge in [-0.3, -0.25) is 0 Å². The molecule has 2 nitrogen and oxygen atoms in total. The van der Waals surface area contributed by atoms with Crippen LogP contribution in [0, 0.1) is 25.5 Å². The van der Waals surface area contributed by atoms with E-state index in [-0.39, 0.29) is 11.6 Å². The number of hydrogen-bond donors (Lipinski definition) is 0. The number of aryl methyl sites for hydroxylation is 2. The van der Waals surface area contributed by atoms with Crippen molar-refractivity contribution in [2.75, 3.05) is 9.80 Å². The molecule has 318 valence electrons. The van der Waals surface area contributed by atoms with Gasteiger partial charge in [-0.25, -0.2) is 8.78 Å². The number of halogens is 2. The fourth-order valence-corrected chi connectivity index (χ4v) is 8.96. The Kier molecular flexibility index (Phi) is 11.6. The Morgan fingerprint density at radius 3 is 0.879 bits per heavy atom. The van der Waals surface area contributed by atoms with Crippen molar-refractivity contribution in [1.29, 1.82) is 0 Å². The first-order valence-electron chi connectivity index (χ1n) is 22.2. The number of nitrogens with zero attached hydrogens (tertiary/aromatic N) is 2. The Balaban J connectivity index is 1.06. The molecule has 0 atom stereocenters. The molecular weight excluding hydrogens is 811 g/mol. The summed E-state index contributed by atoms with van der Waals surface area (Å²) in [6.45, 7) is 4.27. The van der Waals surface area contributed by atoms with Gasteiger partial charge in [-0.2, -0.15) is 0 Å². The second-order valence-electron chi connectivity index (χ2n) is 16.6. The van der Waals surface area contributed by atoms with E-state index in [0.717, 1.165) is 101 Å². The summed E-state index contributed by atoms with van der Waals surface area (Å²) in [4.78, 5) is 4.47. The third-order valence-electron chi connectivity index (χ3n) is 12.2. The molecule has 0 spiro atoms. The Morgan fingerprint density at radius 1 is 0.258 bits per heavy atom. The predicted octanol–water partition coefficient (Wildman–Crippen LogP) is 17.9. The lowest BCUT2D eigenvalue weighted by atomic mass is 9.96. The lowest BCUT2D eigenvalue weighted by Crippen LogP contribution is -2.13. The SMILES string of the molecule is Cc1cc(-c2ccc(N(c3ccc(-c4ccccc4)cc3)c3ccc(F)cc3-c3ccccc3)c(C)c2)ccc1N(c1ccc(-c2ccccc2)cc1)c1ccc(F)cc1-c1ccccc1. The minimum atomic E-state index is -0.290. The summed E-state index contributed by atoms with van der Waals surface area (Å²) in [6, 6.07) is 81.1. The van der Waals surface area contributed by atoms with Crippen LogP contribution < -0.4 is 9.80 Å². The van der Waals surface area contributed by atoms with Gasteiger partial charge in [-0.1, -0.05) is 158 Å². The first-order chi connectivity index (χ1) is 32.4. The van der Waals surface area contributed by atoms with E-state index < -0.39 is 0 Å². The Hall–Kier alpha value is -8.34. The molecule has 0 bridgehead atoms. The molecule has 0 aliphatic heterocycles. The van der Waals surface area contributed by atoms with Crippen molar-refractivity contribution < 1.29 is 8.78 Å². The van der Waals surface area contributed by atoms with Gasteiger partial charge in [0.25, 0.3) is 0 Å². The van der Waals surface area contributed by atoms with Crippen LogP contribution in [0.4, 0.5) is 42.9 Å². The van der Waals surface area contributed by atoms with E-state index >= 15 is 8.78 Å². The first kappa shape index (κ1) is 41.7. The highest BCUT2D eigenvalue weighted by Crippen LogP contribution is 2.46. The quantitative estimate of drug-likeness (QED) is 0.128. The van der Waals surface area contributed by atoms with Crippen LogP contribution in [0.1, 0.15) is 11.1 Å². The van der Waals surface area contributed by atoms with E-state index in [1.165, 1.54) is 12.1 Å². The number of benzene rings is 10. The largest absolute Gasteiger partial charge is 0.310 e. The minimum absolute atomic E-state index is 0.290. The lowest BCUT2D eigenvalue weighted by molar-refractivity contribution is 0.628. The van der Waals surface area contributed by atoms with E-state index in [2.05, 4.69) is 133 Å². The average molecular weight is 857 g/mol. The summed E-state index contributed by atoms with van der Waals surface area (Å²) in [5.74, 6) is -0.581. The fraction of sp³-hybridized carbons (Fsp3) is 0.0323. The van der Waals surface area contributed by atoms with Crippen LogP contribution in [0.25, 0.3) is 55.6 Å². The van der Waals surface area contributed by atoms with Crippen LogP contribution in [-0.2, 0) is 0 Å². The lowest BCUT2D eigenvalue weighted by Gasteiger charge is -2.30. The van der Waals surface area contributed by atoms with Gasteiger partial charge in [0.15, 0.2) is 0 Å². The Labute approximate surface area is 386 Å². The van der Waals surface area contributed by atoms with E-state index in [0.29, 0.717) is 0 Å². The number of rotatable bonds is 11. The maximum absolute atomic E-state index is 15.1. The number of anilines is 6. The molecule has 0 heterocycles. The summed E-state index contributed by atoms with van der Waals surface area (Å²) >= 11 is 0. The summed E-state index contributed by atoms with van der Waals surface area (Å²) in [7, 11) is 0. The summed E-state index contributed by atoms with van der Waals surface area (Å²) < 4.78 is 30.2. The molecule has 66 heavy (non-hydrogen) atoms. The molecule has 0 amide bonds. The van der Waals surface area contributed by atoms with Crippen molar-refractivity contribution in [1.82, 2.24) is 0 Å². The normalized spacial score (nSPS) is 11.0. The Bertz CT molecular complexity index is 3040. The Morgan fingerprint density at radius 2 is 0.545 bits per heavy atom. The van der Waals surface area contributed by atoms with Crippen LogP contribution in [0.15, 0.2) is 243 Å². The molecule has 0 aliphatic carbocycles. The van der Waals surface area contributed by atoms with Crippen LogP contribution in [0.5, 0.6) is 0 Å². The zero-order chi connectivity index (χ0) is 45.0. The van der Waals surface area contributed by atoms with Gasteiger partial charge in [0.2, 0.25) is 0 Å². The standard InChI is InChI=1S/C62H46F2N2/c1-43-39-51(27-35-59(43)65(55-31-23-47(24-32-55)45-15-7-3-8-16-45)61-37-29-53(63)41-57(61)49-19-11-5-12-20-49)52-28-36-60(44(2)40-52)66(56-33-25-48(26-34-56)46-17-9-4-10-18-46)62-38-30-54(64)42-58(62)50-21-13-6-14-22-50/h3-42H,1-2H3. The monoisotopic (exact) mass is 856 g/mol. The maximum Gasteiger partial charge on any atom is 0.123 e. The first-order valence-corrected chi connectivity index (χ1v) is 22.2. The molecule has 10 aromatic rings. The fourth-order valence-electron chi connectivity index (χ4n) is 8.96. The van der Waals surface area contributed by atoms with Crippen molar-refractivity contribution in [2.45, 2.75) is 13.8 Å². The highest BCUT2D eigenvalue weighted by molar-refractivity contribution is 5.92. The maximum atomic E-state index is 15.1. The molecule has 0 saturated heterocycles. The van der Waals surface area contributed by atoms with E-state index in [1.807, 2.05) is 109 Å². The smallest absolute Gasteiger partial charge is 0.123 e. The molecule has 4 heteroatoms. The molecule has 0 aromatic heterocycles. The van der Waals surface area contributed by atoms with Crippen molar-refractivity contribution in [3.63, 3.8) is 0 Å². The average Bonchev–Trinajstić information content (AvgIpc) is 3.37. The number of hydrogen-bond acceptors (Lipinski definition) is 2. The van der Waals surface area contributed by atoms with Gasteiger partial charge in [0, 0.05) is 33.9 Å². The van der Waals surface area contributed by atoms with Crippen LogP contribution in [-0.4, -0.2) is 0 Å². The third-order valence-corrected chi connectivity index (χ3v) is 12.2. The van der Waals surface area contributed by atoms with Crippen molar-refractivity contribution in [2.24, 2.45) is 0 Å². The van der Waals surface area contributed by atoms with Gasteiger partial charge >= 0.3 is 0 Å². The molecule has 0 unspecified atom stereocenters. The van der Waals surface area contributed by atoms with Crippen molar-refractivity contribution in [3.8, 4) is 55.6 Å². The highest BCUT2D eigenvalue weighted by Gasteiger charge is 2.23. The van der Waals surface area contributed by atoms with E-state index in [4.69, 9.17) is 0 Å². The molecule has 0 N–H and O–H groups in total. The van der Waals surface area contributed by atoms with Gasteiger partial charge in [-0.15, -0.1) is 0 Å². The zero-order valence-electron chi connectivity index (χ0n) is 36.7. The van der Waals surface area contributed by atoms with Gasteiger partial charge in [0.1, 0.15) is 11.6 Å². The van der Waals surface area contributed by atoms with E-state index in [1.54, 1.807) is 12.1 Å². The van der Waals surface area contributed by atoms with Crippen LogP contribution >= 0.6 is 0 Å². The van der Waals surface area contributed by atoms with Gasteiger partial charge in [-0.05, 0) is 154 Å². The zero-order valence-corrected chi connectivity index (χ0v) is 36.7. The summed E-state index contributed by atoms with van der Waals surface area (Å²) in [6.07, 6.45) is 0. The van der Waals surface area contributed by atoms with Crippen molar-refractivity contribution >= 4 is 34.1 Å². The minimum Gasteiger partial charge on any atom is -0.310 e. The molecule has 0 aliphatic rings. The molecule has 0 saturated carbocycles. The molecule has 0 radical (unpaired) electrons. The summed E-state index contributed by atoms with van der Waals surface area (Å²) in [5.41, 5.74) is 17.9. The molecular formula is C62H46F2N2. The van der Waals surface area contributed by atoms with E-state index in [9.17, 15) is 0 Å². The van der Waals surface area contributed by atoms with Crippen LogP contribution in [0.2, 0.25) is 0 Å². The highest BCUT2D eigenvalue weighted by atomic mass is 19.1. The predicted molar refractivity (Wildman–Crippen MR) is 272 cm³/mol. The molecule has 10 rings (SSSR count). The summed E-state index contributed by atoms with van der Waals surface area (Å²) in [5, 5.41) is 0.